The summed E-state index contributed by atoms with van der Waals surface area (Å²) in [6.07, 6.45) is 2.96. The topological polar surface area (TPSA) is 51.3 Å². The molecule has 3 N–H and O–H groups in total. The molecule has 1 atom stereocenters. The first-order valence-electron chi connectivity index (χ1n) is 6.99. The molecule has 0 radical (unpaired) electrons. The van der Waals surface area contributed by atoms with E-state index in [-0.39, 0.29) is 6.61 Å². The molecule has 0 saturated carbocycles. The van der Waals surface area contributed by atoms with Crippen LogP contribution in [0.1, 0.15) is 12.0 Å². The van der Waals surface area contributed by atoms with Gasteiger partial charge in [-0.15, -0.1) is 0 Å². The van der Waals surface area contributed by atoms with Crippen LogP contribution < -0.4 is 5.32 Å². The highest BCUT2D eigenvalue weighted by molar-refractivity contribution is 5.82. The second kappa shape index (κ2) is 5.74. The maximum atomic E-state index is 9.17. The van der Waals surface area contributed by atoms with Crippen molar-refractivity contribution in [2.24, 2.45) is 0 Å². The molecule has 4 nitrogen and oxygen atoms in total. The fourth-order valence-corrected chi connectivity index (χ4v) is 2.93. The van der Waals surface area contributed by atoms with Crippen LogP contribution in [0.4, 0.5) is 0 Å². The number of nitrogens with zero attached hydrogens (tertiary/aromatic N) is 1. The Bertz CT molecular complexity index is 535. The van der Waals surface area contributed by atoms with E-state index in [1.54, 1.807) is 0 Å². The van der Waals surface area contributed by atoms with Gasteiger partial charge < -0.3 is 15.4 Å². The Kier molecular flexibility index (Phi) is 3.82. The predicted octanol–water partition coefficient (Wildman–Crippen LogP) is 1.32. The average Bonchev–Trinajstić information content (AvgIpc) is 2.85. The predicted molar refractivity (Wildman–Crippen MR) is 77.1 cm³/mol. The Morgan fingerprint density at radius 1 is 1.32 bits per heavy atom. The molecule has 1 aromatic heterocycles. The lowest BCUT2D eigenvalue weighted by molar-refractivity contribution is 0.124. The lowest BCUT2D eigenvalue weighted by Gasteiger charge is -2.35. The van der Waals surface area contributed by atoms with Crippen molar-refractivity contribution < 1.29 is 5.11 Å². The molecule has 2 heterocycles. The molecule has 3 rings (SSSR count). The van der Waals surface area contributed by atoms with E-state index in [4.69, 9.17) is 0 Å². The molecule has 102 valence electrons. The first-order chi connectivity index (χ1) is 9.38. The molecule has 0 spiro atoms. The minimum atomic E-state index is 0.261. The Balaban J connectivity index is 1.79. The van der Waals surface area contributed by atoms with Crippen LogP contribution in [0, 0.1) is 0 Å². The SMILES string of the molecule is OCC[C@H]1CNCCN1Cc1c[nH]c2ccccc12. The molecule has 1 aromatic carbocycles. The van der Waals surface area contributed by atoms with Crippen LogP contribution in [0.15, 0.2) is 30.5 Å². The van der Waals surface area contributed by atoms with Crippen molar-refractivity contribution in [3.8, 4) is 0 Å². The average molecular weight is 259 g/mol. The highest BCUT2D eigenvalue weighted by atomic mass is 16.3. The van der Waals surface area contributed by atoms with Crippen LogP contribution >= 0.6 is 0 Å². The number of para-hydroxylation sites is 1. The Labute approximate surface area is 113 Å². The summed E-state index contributed by atoms with van der Waals surface area (Å²) in [4.78, 5) is 5.81. The summed E-state index contributed by atoms with van der Waals surface area (Å²) in [5, 5.41) is 13.9. The van der Waals surface area contributed by atoms with Gasteiger partial charge >= 0.3 is 0 Å². The van der Waals surface area contributed by atoms with Crippen molar-refractivity contribution in [3.63, 3.8) is 0 Å². The third-order valence-corrected chi connectivity index (χ3v) is 3.98. The van der Waals surface area contributed by atoms with E-state index in [0.717, 1.165) is 32.6 Å². The minimum Gasteiger partial charge on any atom is -0.396 e. The summed E-state index contributed by atoms with van der Waals surface area (Å²) in [6.45, 7) is 4.27. The number of piperazine rings is 1. The number of nitrogens with one attached hydrogen (secondary N) is 2. The van der Waals surface area contributed by atoms with Crippen molar-refractivity contribution in [2.45, 2.75) is 19.0 Å². The van der Waals surface area contributed by atoms with E-state index in [2.05, 4.69) is 45.7 Å². The van der Waals surface area contributed by atoms with Crippen molar-refractivity contribution in [2.75, 3.05) is 26.2 Å². The molecule has 0 aliphatic carbocycles. The molecule has 19 heavy (non-hydrogen) atoms. The number of aromatic amines is 1. The Morgan fingerprint density at radius 3 is 3.11 bits per heavy atom. The van der Waals surface area contributed by atoms with Gasteiger partial charge in [-0.25, -0.2) is 0 Å². The van der Waals surface area contributed by atoms with E-state index >= 15 is 0 Å². The molecule has 0 amide bonds. The summed E-state index contributed by atoms with van der Waals surface area (Å²) >= 11 is 0. The van der Waals surface area contributed by atoms with Crippen molar-refractivity contribution in [1.29, 1.82) is 0 Å². The summed E-state index contributed by atoms with van der Waals surface area (Å²) in [5.41, 5.74) is 2.55. The van der Waals surface area contributed by atoms with Crippen LogP contribution in [-0.2, 0) is 6.54 Å². The van der Waals surface area contributed by atoms with Gasteiger partial charge in [-0.2, -0.15) is 0 Å². The zero-order chi connectivity index (χ0) is 13.1. The van der Waals surface area contributed by atoms with Gasteiger partial charge in [0.25, 0.3) is 0 Å². The molecule has 1 saturated heterocycles. The van der Waals surface area contributed by atoms with E-state index in [0.29, 0.717) is 6.04 Å². The minimum absolute atomic E-state index is 0.261. The molecular formula is C15H21N3O. The normalized spacial score (nSPS) is 21.0. The lowest BCUT2D eigenvalue weighted by Crippen LogP contribution is -2.51. The zero-order valence-electron chi connectivity index (χ0n) is 11.1. The highest BCUT2D eigenvalue weighted by Gasteiger charge is 2.22. The van der Waals surface area contributed by atoms with Gasteiger partial charge in [-0.3, -0.25) is 4.90 Å². The Hall–Kier alpha value is -1.36. The van der Waals surface area contributed by atoms with E-state index in [1.165, 1.54) is 16.5 Å². The molecule has 0 unspecified atom stereocenters. The van der Waals surface area contributed by atoms with Gasteiger partial charge in [-0.05, 0) is 18.1 Å². The summed E-state index contributed by atoms with van der Waals surface area (Å²) in [7, 11) is 0. The third kappa shape index (κ3) is 2.66. The number of aliphatic hydroxyl groups excluding tert-OH is 1. The van der Waals surface area contributed by atoms with Crippen molar-refractivity contribution in [1.82, 2.24) is 15.2 Å². The highest BCUT2D eigenvalue weighted by Crippen LogP contribution is 2.21. The fourth-order valence-electron chi connectivity index (χ4n) is 2.93. The van der Waals surface area contributed by atoms with Gasteiger partial charge in [0.2, 0.25) is 0 Å². The first-order valence-corrected chi connectivity index (χ1v) is 6.99. The van der Waals surface area contributed by atoms with Crippen molar-refractivity contribution in [3.05, 3.63) is 36.0 Å². The lowest BCUT2D eigenvalue weighted by atomic mass is 10.1. The maximum absolute atomic E-state index is 9.17. The second-order valence-electron chi connectivity index (χ2n) is 5.20. The fraction of sp³-hybridized carbons (Fsp3) is 0.467. The Morgan fingerprint density at radius 2 is 2.21 bits per heavy atom. The van der Waals surface area contributed by atoms with Gasteiger partial charge in [0.1, 0.15) is 0 Å². The number of hydrogen-bond donors (Lipinski definition) is 3. The maximum Gasteiger partial charge on any atom is 0.0457 e. The summed E-state index contributed by atoms with van der Waals surface area (Å²) in [5.74, 6) is 0. The molecule has 0 bridgehead atoms. The van der Waals surface area contributed by atoms with Crippen molar-refractivity contribution >= 4 is 10.9 Å². The first kappa shape index (κ1) is 12.7. The number of aromatic nitrogens is 1. The van der Waals surface area contributed by atoms with Gasteiger partial charge in [0.15, 0.2) is 0 Å². The molecule has 2 aromatic rings. The number of hydrogen-bond acceptors (Lipinski definition) is 3. The monoisotopic (exact) mass is 259 g/mol. The molecule has 1 aliphatic heterocycles. The van der Waals surface area contributed by atoms with Crippen LogP contribution in [0.3, 0.4) is 0 Å². The number of H-pyrrole nitrogens is 1. The van der Waals surface area contributed by atoms with Gasteiger partial charge in [-0.1, -0.05) is 18.2 Å². The van der Waals surface area contributed by atoms with E-state index in [1.807, 2.05) is 0 Å². The van der Waals surface area contributed by atoms with Gasteiger partial charge in [0.05, 0.1) is 0 Å². The standard InChI is InChI=1S/C15H21N3O/c19-8-5-13-10-16-6-7-18(13)11-12-9-17-15-4-2-1-3-14(12)15/h1-4,9,13,16-17,19H,5-8,10-11H2/t13-/m0/s1. The molecule has 1 aliphatic rings. The number of aliphatic hydroxyl groups is 1. The quantitative estimate of drug-likeness (QED) is 0.776. The number of benzene rings is 1. The second-order valence-corrected chi connectivity index (χ2v) is 5.20. The number of rotatable bonds is 4. The molecule has 4 heteroatoms. The van der Waals surface area contributed by atoms with Crippen LogP contribution in [0.2, 0.25) is 0 Å². The third-order valence-electron chi connectivity index (χ3n) is 3.98. The van der Waals surface area contributed by atoms with E-state index < -0.39 is 0 Å². The smallest absolute Gasteiger partial charge is 0.0457 e. The largest absolute Gasteiger partial charge is 0.396 e. The number of fused-ring (bicyclic) bond motifs is 1. The van der Waals surface area contributed by atoms with Crippen LogP contribution in [0.25, 0.3) is 10.9 Å². The molecule has 1 fully saturated rings. The van der Waals surface area contributed by atoms with E-state index in [9.17, 15) is 5.11 Å². The molecular weight excluding hydrogens is 238 g/mol. The summed E-state index contributed by atoms with van der Waals surface area (Å²) in [6, 6.07) is 8.86. The van der Waals surface area contributed by atoms with Crippen LogP contribution in [0.5, 0.6) is 0 Å². The zero-order valence-corrected chi connectivity index (χ0v) is 11.1. The van der Waals surface area contributed by atoms with Gasteiger partial charge in [0, 0.05) is 55.9 Å². The summed E-state index contributed by atoms with van der Waals surface area (Å²) < 4.78 is 0. The van der Waals surface area contributed by atoms with Crippen LogP contribution in [-0.4, -0.2) is 47.3 Å².